The number of rotatable bonds is 11. The molecule has 4 nitrogen and oxygen atoms in total. The van der Waals surface area contributed by atoms with Crippen LogP contribution in [0.3, 0.4) is 0 Å². The molecule has 2 N–H and O–H groups in total. The minimum Gasteiger partial charge on any atom is -0.492 e. The van der Waals surface area contributed by atoms with Gasteiger partial charge in [-0.25, -0.2) is 13.2 Å². The Morgan fingerprint density at radius 3 is 2.58 bits per heavy atom. The molecule has 2 aromatic rings. The average Bonchev–Trinajstić information content (AvgIpc) is 3.20. The van der Waals surface area contributed by atoms with E-state index in [9.17, 15) is 9.50 Å². The average molecular weight is 507 g/mol. The van der Waals surface area contributed by atoms with Gasteiger partial charge in [-0.3, -0.25) is 9.29 Å². The Bertz CT molecular complexity index is 1080. The largest absolute Gasteiger partial charge is 0.492 e. The van der Waals surface area contributed by atoms with Crippen molar-refractivity contribution in [3.63, 3.8) is 0 Å². The van der Waals surface area contributed by atoms with Crippen LogP contribution in [0, 0.1) is 11.6 Å². The number of hydrogen-bond acceptors (Lipinski definition) is 4. The Morgan fingerprint density at radius 1 is 1.17 bits per heavy atom. The first kappa shape index (κ1) is 26.6. The van der Waals surface area contributed by atoms with E-state index in [1.165, 1.54) is 19.1 Å². The Balaban J connectivity index is 1.67. The molecule has 2 aliphatic rings. The van der Waals surface area contributed by atoms with E-state index in [2.05, 4.69) is 5.32 Å². The highest BCUT2D eigenvalue weighted by atomic mass is 19.1. The molecule has 36 heavy (non-hydrogen) atoms. The van der Waals surface area contributed by atoms with Crippen LogP contribution in [0.2, 0.25) is 0 Å². The topological polar surface area (TPSA) is 44.7 Å². The van der Waals surface area contributed by atoms with E-state index >= 15 is 13.2 Å². The lowest BCUT2D eigenvalue weighted by molar-refractivity contribution is 0.0181. The zero-order valence-corrected chi connectivity index (χ0v) is 20.8. The molecule has 3 atom stereocenters. The van der Waals surface area contributed by atoms with Gasteiger partial charge in [0.15, 0.2) is 0 Å². The minimum absolute atomic E-state index is 0.0612. The number of alkyl halides is 2. The van der Waals surface area contributed by atoms with Crippen LogP contribution in [0.1, 0.15) is 49.4 Å². The molecule has 1 heterocycles. The predicted molar refractivity (Wildman–Crippen MR) is 133 cm³/mol. The molecule has 1 aliphatic carbocycles. The van der Waals surface area contributed by atoms with Gasteiger partial charge < -0.3 is 15.2 Å². The minimum atomic E-state index is -1.93. The molecule has 0 bridgehead atoms. The second kappa shape index (κ2) is 11.3. The monoisotopic (exact) mass is 506 g/mol. The summed E-state index contributed by atoms with van der Waals surface area (Å²) in [6.45, 7) is 3.06. The van der Waals surface area contributed by atoms with Crippen LogP contribution in [0.4, 0.5) is 17.6 Å². The normalized spacial score (nSPS) is 21.3. The molecule has 1 aliphatic heterocycles. The third kappa shape index (κ3) is 5.61. The standard InChI is InChI=1S/C28H34F4N2O2/c1-18-12-22-21-7-4-3-6-19(21)13-23(22)27(34(18)16-28(2,32)17-35)26-24(30)14-20(15-25(26)31)36-11-10-33-9-5-8-29/h3-4,6-7,14-15,18,27,33,35H,5,8-13,16-17H2,1-2H3/t18-,27+,28?/m1/s1. The highest BCUT2D eigenvalue weighted by molar-refractivity contribution is 5.79. The van der Waals surface area contributed by atoms with E-state index < -0.39 is 36.6 Å². The van der Waals surface area contributed by atoms with Crippen molar-refractivity contribution in [2.24, 2.45) is 0 Å². The van der Waals surface area contributed by atoms with E-state index in [0.717, 1.165) is 22.3 Å². The molecule has 0 spiro atoms. The van der Waals surface area contributed by atoms with Gasteiger partial charge in [-0.2, -0.15) is 0 Å². The number of hydrogen-bond donors (Lipinski definition) is 2. The summed E-state index contributed by atoms with van der Waals surface area (Å²) in [5.41, 5.74) is 2.03. The van der Waals surface area contributed by atoms with Crippen LogP contribution in [-0.2, 0) is 6.42 Å². The third-order valence-electron chi connectivity index (χ3n) is 7.04. The van der Waals surface area contributed by atoms with Crippen LogP contribution in [0.15, 0.2) is 42.0 Å². The van der Waals surface area contributed by atoms with E-state index in [1.807, 2.05) is 31.2 Å². The maximum Gasteiger partial charge on any atom is 0.143 e. The quantitative estimate of drug-likeness (QED) is 0.327. The van der Waals surface area contributed by atoms with Crippen molar-refractivity contribution in [3.05, 3.63) is 70.3 Å². The summed E-state index contributed by atoms with van der Waals surface area (Å²) in [5.74, 6) is -1.45. The van der Waals surface area contributed by atoms with Gasteiger partial charge in [0.2, 0.25) is 0 Å². The number of fused-ring (bicyclic) bond motifs is 2. The molecule has 0 radical (unpaired) electrons. The number of halogens is 4. The smallest absolute Gasteiger partial charge is 0.143 e. The fourth-order valence-electron chi connectivity index (χ4n) is 5.31. The van der Waals surface area contributed by atoms with Crippen molar-refractivity contribution in [2.45, 2.75) is 50.9 Å². The Kier molecular flexibility index (Phi) is 8.37. The molecule has 196 valence electrons. The Morgan fingerprint density at radius 2 is 1.89 bits per heavy atom. The van der Waals surface area contributed by atoms with Gasteiger partial charge in [-0.05, 0) is 61.9 Å². The van der Waals surface area contributed by atoms with E-state index in [-0.39, 0.29) is 30.5 Å². The lowest BCUT2D eigenvalue weighted by atomic mass is 9.84. The van der Waals surface area contributed by atoms with Gasteiger partial charge >= 0.3 is 0 Å². The molecule has 0 aromatic heterocycles. The zero-order chi connectivity index (χ0) is 25.9. The molecule has 4 rings (SSSR count). The summed E-state index contributed by atoms with van der Waals surface area (Å²) in [5, 5.41) is 12.6. The van der Waals surface area contributed by atoms with Gasteiger partial charge in [0.05, 0.1) is 19.3 Å². The Hall–Kier alpha value is -2.42. The summed E-state index contributed by atoms with van der Waals surface area (Å²) >= 11 is 0. The number of benzene rings is 2. The number of aliphatic hydroxyl groups excluding tert-OH is 1. The van der Waals surface area contributed by atoms with Gasteiger partial charge in [-0.1, -0.05) is 24.3 Å². The first-order chi connectivity index (χ1) is 17.3. The number of nitrogens with one attached hydrogen (secondary N) is 1. The molecule has 8 heteroatoms. The summed E-state index contributed by atoms with van der Waals surface area (Å²) in [6, 6.07) is 9.25. The summed E-state index contributed by atoms with van der Waals surface area (Å²) < 4.78 is 63.9. The lowest BCUT2D eigenvalue weighted by Gasteiger charge is -2.44. The molecular weight excluding hydrogens is 472 g/mol. The van der Waals surface area contributed by atoms with Gasteiger partial charge in [0.1, 0.15) is 29.7 Å². The fourth-order valence-corrected chi connectivity index (χ4v) is 5.31. The maximum absolute atomic E-state index is 15.6. The summed E-state index contributed by atoms with van der Waals surface area (Å²) in [4.78, 5) is 1.78. The highest BCUT2D eigenvalue weighted by Crippen LogP contribution is 2.50. The predicted octanol–water partition coefficient (Wildman–Crippen LogP) is 5.16. The second-order valence-electron chi connectivity index (χ2n) is 9.98. The van der Waals surface area contributed by atoms with Crippen LogP contribution in [0.25, 0.3) is 5.57 Å². The first-order valence-corrected chi connectivity index (χ1v) is 12.5. The van der Waals surface area contributed by atoms with Crippen LogP contribution in [0.5, 0.6) is 5.75 Å². The summed E-state index contributed by atoms with van der Waals surface area (Å²) in [6.07, 6.45) is 1.55. The molecule has 1 unspecified atom stereocenters. The highest BCUT2D eigenvalue weighted by Gasteiger charge is 2.43. The van der Waals surface area contributed by atoms with E-state index in [4.69, 9.17) is 4.74 Å². The molecule has 0 saturated heterocycles. The van der Waals surface area contributed by atoms with Crippen molar-refractivity contribution in [1.29, 1.82) is 0 Å². The summed E-state index contributed by atoms with van der Waals surface area (Å²) in [7, 11) is 0. The van der Waals surface area contributed by atoms with E-state index in [1.54, 1.807) is 4.90 Å². The van der Waals surface area contributed by atoms with Gasteiger partial charge in [-0.15, -0.1) is 0 Å². The van der Waals surface area contributed by atoms with Crippen LogP contribution >= 0.6 is 0 Å². The number of aliphatic hydroxyl groups is 1. The first-order valence-electron chi connectivity index (χ1n) is 12.5. The van der Waals surface area contributed by atoms with Crippen LogP contribution in [-0.4, -0.2) is 61.2 Å². The molecule has 0 saturated carbocycles. The maximum atomic E-state index is 15.6. The fraction of sp³-hybridized carbons (Fsp3) is 0.500. The van der Waals surface area contributed by atoms with Gasteiger partial charge in [0, 0.05) is 36.8 Å². The van der Waals surface area contributed by atoms with Gasteiger partial charge in [0.25, 0.3) is 0 Å². The van der Waals surface area contributed by atoms with Crippen molar-refractivity contribution >= 4 is 5.57 Å². The molecular formula is C28H34F4N2O2. The third-order valence-corrected chi connectivity index (χ3v) is 7.04. The lowest BCUT2D eigenvalue weighted by Crippen LogP contribution is -2.49. The van der Waals surface area contributed by atoms with Crippen molar-refractivity contribution in [2.75, 3.05) is 39.5 Å². The molecule has 2 aromatic carbocycles. The van der Waals surface area contributed by atoms with Crippen molar-refractivity contribution in [3.8, 4) is 5.75 Å². The van der Waals surface area contributed by atoms with E-state index in [0.29, 0.717) is 32.4 Å². The number of nitrogens with zero attached hydrogens (tertiary/aromatic N) is 1. The second-order valence-corrected chi connectivity index (χ2v) is 9.98. The van der Waals surface area contributed by atoms with Crippen molar-refractivity contribution in [1.82, 2.24) is 10.2 Å². The van der Waals surface area contributed by atoms with Crippen molar-refractivity contribution < 1.29 is 27.4 Å². The molecule has 0 amide bonds. The van der Waals surface area contributed by atoms with Crippen LogP contribution < -0.4 is 10.1 Å². The number of ether oxygens (including phenoxy) is 1. The SMILES string of the molecule is C[C@@H]1CC2=C(Cc3ccccc32)[C@@H](c2c(F)cc(OCCNCCCF)cc2F)N1CC(C)(F)CO. The Labute approximate surface area is 210 Å². The zero-order valence-electron chi connectivity index (χ0n) is 20.8. The molecule has 0 fully saturated rings.